The third-order valence-corrected chi connectivity index (χ3v) is 2.78. The number of hydrogen-bond acceptors (Lipinski definition) is 7. The number of nitro benzene ring substituents is 1. The van der Waals surface area contributed by atoms with Crippen molar-refractivity contribution >= 4 is 17.1 Å². The van der Waals surface area contributed by atoms with Crippen molar-refractivity contribution in [2.75, 3.05) is 30.5 Å². The van der Waals surface area contributed by atoms with Crippen LogP contribution in [0, 0.1) is 10.1 Å². The highest BCUT2D eigenvalue weighted by Crippen LogP contribution is 2.33. The van der Waals surface area contributed by atoms with Gasteiger partial charge in [-0.15, -0.1) is 0 Å². The van der Waals surface area contributed by atoms with Crippen LogP contribution in [0.3, 0.4) is 0 Å². The highest BCUT2D eigenvalue weighted by atomic mass is 16.6. The lowest BCUT2D eigenvalue weighted by Crippen LogP contribution is -2.23. The molecule has 0 spiro atoms. The molecule has 0 bridgehead atoms. The van der Waals surface area contributed by atoms with Gasteiger partial charge in [-0.05, 0) is 6.07 Å². The van der Waals surface area contributed by atoms with E-state index in [-0.39, 0.29) is 12.2 Å². The van der Waals surface area contributed by atoms with E-state index >= 15 is 0 Å². The van der Waals surface area contributed by atoms with Crippen LogP contribution in [0.5, 0.6) is 0 Å². The fourth-order valence-corrected chi connectivity index (χ4v) is 1.79. The van der Waals surface area contributed by atoms with Crippen LogP contribution < -0.4 is 10.6 Å². The topological polar surface area (TPSA) is 117 Å². The van der Waals surface area contributed by atoms with Crippen molar-refractivity contribution in [3.8, 4) is 0 Å². The molecule has 1 aromatic rings. The van der Waals surface area contributed by atoms with Crippen molar-refractivity contribution < 1.29 is 19.9 Å². The van der Waals surface area contributed by atoms with E-state index in [1.165, 1.54) is 6.07 Å². The van der Waals surface area contributed by atoms with E-state index in [0.717, 1.165) is 5.56 Å². The first-order valence-corrected chi connectivity index (χ1v) is 5.77. The molecule has 1 aliphatic heterocycles. The number of fused-ring (bicyclic) bond motifs is 1. The van der Waals surface area contributed by atoms with Gasteiger partial charge in [-0.3, -0.25) is 10.1 Å². The summed E-state index contributed by atoms with van der Waals surface area (Å²) in [5.74, 6) is 0. The molecule has 0 saturated carbocycles. The number of ether oxygens (including phenoxy) is 1. The fraction of sp³-hybridized carbons (Fsp3) is 0.455. The molecule has 8 nitrogen and oxygen atoms in total. The van der Waals surface area contributed by atoms with Crippen LogP contribution in [0.4, 0.5) is 17.1 Å². The van der Waals surface area contributed by atoms with Crippen molar-refractivity contribution in [2.45, 2.75) is 12.7 Å². The summed E-state index contributed by atoms with van der Waals surface area (Å²) in [6.07, 6.45) is -0.968. The van der Waals surface area contributed by atoms with E-state index in [0.29, 0.717) is 24.7 Å². The first-order valence-electron chi connectivity index (χ1n) is 5.77. The number of rotatable bonds is 5. The molecule has 1 aromatic carbocycles. The molecular formula is C11H15N3O5. The summed E-state index contributed by atoms with van der Waals surface area (Å²) in [7, 11) is 0. The maximum Gasteiger partial charge on any atom is 0.294 e. The predicted molar refractivity (Wildman–Crippen MR) is 68.0 cm³/mol. The average Bonchev–Trinajstić information content (AvgIpc) is 2.43. The molecular weight excluding hydrogens is 254 g/mol. The molecule has 8 heteroatoms. The van der Waals surface area contributed by atoms with Gasteiger partial charge in [-0.2, -0.15) is 0 Å². The number of aliphatic hydroxyl groups is 2. The van der Waals surface area contributed by atoms with Gasteiger partial charge in [0.15, 0.2) is 0 Å². The zero-order valence-corrected chi connectivity index (χ0v) is 10.1. The second-order valence-corrected chi connectivity index (χ2v) is 4.17. The Labute approximate surface area is 109 Å². The van der Waals surface area contributed by atoms with Gasteiger partial charge >= 0.3 is 0 Å². The first kappa shape index (κ1) is 13.5. The Morgan fingerprint density at radius 3 is 3.05 bits per heavy atom. The minimum Gasteiger partial charge on any atom is -0.394 e. The normalized spacial score (nSPS) is 15.3. The molecule has 104 valence electrons. The van der Waals surface area contributed by atoms with Crippen molar-refractivity contribution in [1.29, 1.82) is 0 Å². The van der Waals surface area contributed by atoms with Gasteiger partial charge in [-0.25, -0.2) is 0 Å². The number of nitro groups is 1. The van der Waals surface area contributed by atoms with Crippen molar-refractivity contribution in [2.24, 2.45) is 0 Å². The number of benzene rings is 1. The molecule has 1 heterocycles. The van der Waals surface area contributed by atoms with Crippen LogP contribution in [-0.4, -0.2) is 41.1 Å². The molecule has 4 N–H and O–H groups in total. The Bertz CT molecular complexity index is 480. The Kier molecular flexibility index (Phi) is 4.15. The minimum atomic E-state index is -0.968. The van der Waals surface area contributed by atoms with E-state index < -0.39 is 17.6 Å². The summed E-state index contributed by atoms with van der Waals surface area (Å²) in [6, 6.07) is 3.05. The number of anilines is 2. The molecule has 0 saturated heterocycles. The molecule has 19 heavy (non-hydrogen) atoms. The summed E-state index contributed by atoms with van der Waals surface area (Å²) in [6.45, 7) is 0.318. The zero-order chi connectivity index (χ0) is 13.8. The standard InChI is InChI=1S/C11H15N3O5/c15-4-8(16)3-12-10-1-7-5-19-6-13-9(7)2-11(10)14(17)18/h1-2,8,12-13,15-16H,3-6H2. The van der Waals surface area contributed by atoms with E-state index in [1.54, 1.807) is 6.07 Å². The molecule has 0 aliphatic carbocycles. The third kappa shape index (κ3) is 3.11. The van der Waals surface area contributed by atoms with Crippen molar-refractivity contribution in [1.82, 2.24) is 0 Å². The molecule has 1 unspecified atom stereocenters. The largest absolute Gasteiger partial charge is 0.394 e. The van der Waals surface area contributed by atoms with Gasteiger partial charge in [0.25, 0.3) is 5.69 Å². The van der Waals surface area contributed by atoms with Crippen LogP contribution in [0.25, 0.3) is 0 Å². The number of aliphatic hydroxyl groups excluding tert-OH is 2. The summed E-state index contributed by atoms with van der Waals surface area (Å²) in [5, 5.41) is 34.7. The average molecular weight is 269 g/mol. The summed E-state index contributed by atoms with van der Waals surface area (Å²) >= 11 is 0. The number of hydrogen-bond donors (Lipinski definition) is 4. The van der Waals surface area contributed by atoms with Crippen molar-refractivity contribution in [3.05, 3.63) is 27.8 Å². The van der Waals surface area contributed by atoms with Crippen LogP contribution in [0.15, 0.2) is 12.1 Å². The third-order valence-electron chi connectivity index (χ3n) is 2.78. The maximum atomic E-state index is 11.0. The Morgan fingerprint density at radius 2 is 2.37 bits per heavy atom. The van der Waals surface area contributed by atoms with E-state index in [2.05, 4.69) is 10.6 Å². The molecule has 0 radical (unpaired) electrons. The minimum absolute atomic E-state index is 0.0322. The Balaban J connectivity index is 2.26. The molecule has 0 amide bonds. The van der Waals surface area contributed by atoms with Gasteiger partial charge in [-0.1, -0.05) is 0 Å². The van der Waals surface area contributed by atoms with Gasteiger partial charge in [0, 0.05) is 23.9 Å². The van der Waals surface area contributed by atoms with Crippen LogP contribution in [0.1, 0.15) is 5.56 Å². The molecule has 0 aromatic heterocycles. The highest BCUT2D eigenvalue weighted by Gasteiger charge is 2.20. The predicted octanol–water partition coefficient (Wildman–Crippen LogP) is 0.259. The summed E-state index contributed by atoms with van der Waals surface area (Å²) < 4.78 is 5.20. The Morgan fingerprint density at radius 1 is 1.58 bits per heavy atom. The van der Waals surface area contributed by atoms with Crippen molar-refractivity contribution in [3.63, 3.8) is 0 Å². The molecule has 1 atom stereocenters. The lowest BCUT2D eigenvalue weighted by Gasteiger charge is -2.20. The first-order chi connectivity index (χ1) is 9.11. The van der Waals surface area contributed by atoms with E-state index in [4.69, 9.17) is 9.84 Å². The van der Waals surface area contributed by atoms with Gasteiger partial charge in [0.1, 0.15) is 12.4 Å². The summed E-state index contributed by atoms with van der Waals surface area (Å²) in [4.78, 5) is 10.5. The zero-order valence-electron chi connectivity index (χ0n) is 10.1. The summed E-state index contributed by atoms with van der Waals surface area (Å²) in [5.41, 5.74) is 1.69. The highest BCUT2D eigenvalue weighted by molar-refractivity contribution is 5.71. The molecule has 0 fully saturated rings. The lowest BCUT2D eigenvalue weighted by atomic mass is 10.1. The lowest BCUT2D eigenvalue weighted by molar-refractivity contribution is -0.383. The molecule has 1 aliphatic rings. The fourth-order valence-electron chi connectivity index (χ4n) is 1.79. The van der Waals surface area contributed by atoms with Crippen LogP contribution in [-0.2, 0) is 11.3 Å². The van der Waals surface area contributed by atoms with E-state index in [1.807, 2.05) is 0 Å². The van der Waals surface area contributed by atoms with E-state index in [9.17, 15) is 15.2 Å². The SMILES string of the molecule is O=[N+]([O-])c1cc2c(cc1NCC(O)CO)COCN2. The number of nitrogens with zero attached hydrogens (tertiary/aromatic N) is 1. The molecule has 2 rings (SSSR count). The number of nitrogens with one attached hydrogen (secondary N) is 2. The smallest absolute Gasteiger partial charge is 0.294 e. The Hall–Kier alpha value is -1.90. The quantitative estimate of drug-likeness (QED) is 0.447. The van der Waals surface area contributed by atoms with Gasteiger partial charge in [0.05, 0.1) is 24.2 Å². The monoisotopic (exact) mass is 269 g/mol. The van der Waals surface area contributed by atoms with Crippen LogP contribution >= 0.6 is 0 Å². The van der Waals surface area contributed by atoms with Crippen LogP contribution in [0.2, 0.25) is 0 Å². The maximum absolute atomic E-state index is 11.0. The van der Waals surface area contributed by atoms with Gasteiger partial charge < -0.3 is 25.6 Å². The second-order valence-electron chi connectivity index (χ2n) is 4.17. The van der Waals surface area contributed by atoms with Gasteiger partial charge in [0.2, 0.25) is 0 Å². The second kappa shape index (κ2) is 5.83.